The third-order valence-electron chi connectivity index (χ3n) is 6.15. The van der Waals surface area contributed by atoms with Gasteiger partial charge in [0, 0.05) is 34.7 Å². The van der Waals surface area contributed by atoms with Crippen molar-refractivity contribution in [2.45, 2.75) is 39.5 Å². The van der Waals surface area contributed by atoms with Crippen molar-refractivity contribution in [1.29, 1.82) is 0 Å². The monoisotopic (exact) mass is 524 g/mol. The number of hydrogen-bond donors (Lipinski definition) is 2. The van der Waals surface area contributed by atoms with Crippen LogP contribution in [0.1, 0.15) is 45.1 Å². The van der Waals surface area contributed by atoms with E-state index in [1.54, 1.807) is 55.5 Å². The number of para-hydroxylation sites is 1. The summed E-state index contributed by atoms with van der Waals surface area (Å²) in [6.45, 7) is 5.44. The third-order valence-corrected chi connectivity index (χ3v) is 6.38. The van der Waals surface area contributed by atoms with E-state index >= 15 is 0 Å². The van der Waals surface area contributed by atoms with Crippen molar-refractivity contribution < 1.29 is 28.6 Å². The van der Waals surface area contributed by atoms with E-state index in [4.69, 9.17) is 31.5 Å². The van der Waals surface area contributed by atoms with Crippen LogP contribution in [0.15, 0.2) is 71.3 Å². The van der Waals surface area contributed by atoms with Gasteiger partial charge in [0.1, 0.15) is 17.1 Å². The predicted molar refractivity (Wildman–Crippen MR) is 139 cm³/mol. The number of ketones is 1. The maximum atomic E-state index is 13.4. The highest BCUT2D eigenvalue weighted by Crippen LogP contribution is 2.49. The number of nitrogens with one attached hydrogen (secondary N) is 1. The molecule has 1 amide bonds. The number of allylic oxidation sites excluding steroid dienone is 2. The van der Waals surface area contributed by atoms with Gasteiger partial charge in [-0.2, -0.15) is 0 Å². The van der Waals surface area contributed by atoms with Gasteiger partial charge in [0.15, 0.2) is 12.4 Å². The SMILES string of the molecule is CCOC(=O)C1=C(N)OC2=C(C(=O)CC(C)(C)C2)C1c1ccccc1OCC(=O)Nc1cccc(Cl)c1. The quantitative estimate of drug-likeness (QED) is 0.497. The molecule has 1 aliphatic carbocycles. The normalized spacial score (nSPS) is 18.6. The minimum atomic E-state index is -0.862. The summed E-state index contributed by atoms with van der Waals surface area (Å²) < 4.78 is 17.0. The molecule has 2 aliphatic rings. The number of nitrogens with two attached hydrogens (primary N) is 1. The lowest BCUT2D eigenvalue weighted by Gasteiger charge is -2.38. The molecule has 0 radical (unpaired) electrons. The van der Waals surface area contributed by atoms with E-state index in [1.807, 2.05) is 13.8 Å². The summed E-state index contributed by atoms with van der Waals surface area (Å²) in [5, 5.41) is 3.22. The lowest BCUT2D eigenvalue weighted by atomic mass is 9.70. The maximum absolute atomic E-state index is 13.4. The Hall–Kier alpha value is -3.78. The molecule has 1 unspecified atom stereocenters. The van der Waals surface area contributed by atoms with Crippen LogP contribution >= 0.6 is 11.6 Å². The molecule has 1 heterocycles. The average molecular weight is 525 g/mol. The highest BCUT2D eigenvalue weighted by atomic mass is 35.5. The molecule has 37 heavy (non-hydrogen) atoms. The largest absolute Gasteiger partial charge is 0.483 e. The smallest absolute Gasteiger partial charge is 0.340 e. The van der Waals surface area contributed by atoms with E-state index in [0.29, 0.717) is 39.8 Å². The number of esters is 1. The molecular formula is C28H29ClN2O6. The average Bonchev–Trinajstić information content (AvgIpc) is 2.81. The lowest BCUT2D eigenvalue weighted by molar-refractivity contribution is -0.139. The van der Waals surface area contributed by atoms with Gasteiger partial charge in [0.25, 0.3) is 5.91 Å². The number of amides is 1. The number of hydrogen-bond acceptors (Lipinski definition) is 7. The van der Waals surface area contributed by atoms with Crippen molar-refractivity contribution in [3.05, 3.63) is 81.9 Å². The van der Waals surface area contributed by atoms with Crippen LogP contribution in [0.4, 0.5) is 5.69 Å². The second-order valence-electron chi connectivity index (χ2n) is 9.70. The third kappa shape index (κ3) is 5.80. The molecule has 1 atom stereocenters. The van der Waals surface area contributed by atoms with Gasteiger partial charge in [0.2, 0.25) is 5.88 Å². The lowest BCUT2D eigenvalue weighted by Crippen LogP contribution is -2.36. The summed E-state index contributed by atoms with van der Waals surface area (Å²) in [7, 11) is 0. The van der Waals surface area contributed by atoms with Gasteiger partial charge in [-0.15, -0.1) is 0 Å². The van der Waals surface area contributed by atoms with Crippen LogP contribution in [0.5, 0.6) is 5.75 Å². The molecule has 0 bridgehead atoms. The number of benzene rings is 2. The number of rotatable bonds is 7. The first-order chi connectivity index (χ1) is 17.6. The molecular weight excluding hydrogens is 496 g/mol. The fraction of sp³-hybridized carbons (Fsp3) is 0.321. The Kier molecular flexibility index (Phi) is 7.59. The van der Waals surface area contributed by atoms with Crippen LogP contribution < -0.4 is 15.8 Å². The van der Waals surface area contributed by atoms with Crippen molar-refractivity contribution in [2.24, 2.45) is 11.1 Å². The first-order valence-corrected chi connectivity index (χ1v) is 12.4. The summed E-state index contributed by atoms with van der Waals surface area (Å²) in [6.07, 6.45) is 0.763. The summed E-state index contributed by atoms with van der Waals surface area (Å²) in [5.41, 5.74) is 7.35. The number of carbonyl (C=O) groups excluding carboxylic acids is 3. The molecule has 9 heteroatoms. The van der Waals surface area contributed by atoms with Crippen molar-refractivity contribution >= 4 is 34.9 Å². The van der Waals surface area contributed by atoms with E-state index in [9.17, 15) is 14.4 Å². The molecule has 3 N–H and O–H groups in total. The number of ether oxygens (including phenoxy) is 3. The highest BCUT2D eigenvalue weighted by molar-refractivity contribution is 6.30. The van der Waals surface area contributed by atoms with Crippen molar-refractivity contribution in [1.82, 2.24) is 0 Å². The molecule has 0 fully saturated rings. The highest BCUT2D eigenvalue weighted by Gasteiger charge is 2.45. The zero-order valence-corrected chi connectivity index (χ0v) is 21.7. The van der Waals surface area contributed by atoms with Gasteiger partial charge in [-0.25, -0.2) is 4.79 Å². The van der Waals surface area contributed by atoms with Gasteiger partial charge >= 0.3 is 5.97 Å². The van der Waals surface area contributed by atoms with E-state index in [2.05, 4.69) is 5.32 Å². The molecule has 2 aromatic rings. The molecule has 0 saturated heterocycles. The summed E-state index contributed by atoms with van der Waals surface area (Å²) in [6, 6.07) is 13.7. The molecule has 2 aromatic carbocycles. The molecule has 1 aliphatic heterocycles. The van der Waals surface area contributed by atoms with Crippen LogP contribution in [0.25, 0.3) is 0 Å². The zero-order valence-electron chi connectivity index (χ0n) is 20.9. The topological polar surface area (TPSA) is 117 Å². The standard InChI is InChI=1S/C28H29ClN2O6/c1-4-35-27(34)25-23(24-19(32)13-28(2,3)14-21(24)37-26(25)30)18-10-5-6-11-20(18)36-15-22(33)31-17-9-7-8-16(29)12-17/h5-12,23H,4,13-15,30H2,1-3H3,(H,31,33). The van der Waals surface area contributed by atoms with Gasteiger partial charge < -0.3 is 25.3 Å². The van der Waals surface area contributed by atoms with Crippen LogP contribution in [-0.2, 0) is 23.9 Å². The van der Waals surface area contributed by atoms with Crippen LogP contribution in [0.3, 0.4) is 0 Å². The van der Waals surface area contributed by atoms with Crippen molar-refractivity contribution in [2.75, 3.05) is 18.5 Å². The molecule has 194 valence electrons. The Bertz CT molecular complexity index is 1310. The Morgan fingerprint density at radius 2 is 1.92 bits per heavy atom. The summed E-state index contributed by atoms with van der Waals surface area (Å²) in [5.74, 6) is -1.43. The fourth-order valence-electron chi connectivity index (χ4n) is 4.66. The fourth-order valence-corrected chi connectivity index (χ4v) is 4.85. The first kappa shape index (κ1) is 26.3. The van der Waals surface area contributed by atoms with Crippen LogP contribution in [-0.4, -0.2) is 30.9 Å². The minimum absolute atomic E-state index is 0.0353. The zero-order chi connectivity index (χ0) is 26.7. The second-order valence-corrected chi connectivity index (χ2v) is 10.1. The molecule has 0 saturated carbocycles. The Labute approximate surface area is 220 Å². The van der Waals surface area contributed by atoms with Crippen molar-refractivity contribution in [3.63, 3.8) is 0 Å². The van der Waals surface area contributed by atoms with E-state index in [1.165, 1.54) is 0 Å². The van der Waals surface area contributed by atoms with Crippen LogP contribution in [0.2, 0.25) is 5.02 Å². The molecule has 4 rings (SSSR count). The summed E-state index contributed by atoms with van der Waals surface area (Å²) in [4.78, 5) is 39.0. The van der Waals surface area contributed by atoms with Gasteiger partial charge in [-0.1, -0.05) is 49.7 Å². The van der Waals surface area contributed by atoms with Gasteiger partial charge in [-0.3, -0.25) is 9.59 Å². The van der Waals surface area contributed by atoms with E-state index < -0.39 is 17.8 Å². The van der Waals surface area contributed by atoms with Gasteiger partial charge in [0.05, 0.1) is 12.5 Å². The Morgan fingerprint density at radius 3 is 2.65 bits per heavy atom. The Balaban J connectivity index is 1.69. The second kappa shape index (κ2) is 10.7. The Morgan fingerprint density at radius 1 is 1.16 bits per heavy atom. The summed E-state index contributed by atoms with van der Waals surface area (Å²) >= 11 is 5.99. The number of halogens is 1. The predicted octanol–water partition coefficient (Wildman–Crippen LogP) is 4.85. The minimum Gasteiger partial charge on any atom is -0.483 e. The first-order valence-electron chi connectivity index (χ1n) is 12.0. The molecule has 0 aromatic heterocycles. The maximum Gasteiger partial charge on any atom is 0.340 e. The number of Topliss-reactive ketones (excluding diaryl/α,β-unsaturated/α-hetero) is 1. The van der Waals surface area contributed by atoms with E-state index in [-0.39, 0.29) is 42.3 Å². The van der Waals surface area contributed by atoms with Gasteiger partial charge in [-0.05, 0) is 36.6 Å². The van der Waals surface area contributed by atoms with Crippen LogP contribution in [0, 0.1) is 5.41 Å². The van der Waals surface area contributed by atoms with Crippen molar-refractivity contribution in [3.8, 4) is 5.75 Å². The molecule has 0 spiro atoms. The number of carbonyl (C=O) groups is 3. The van der Waals surface area contributed by atoms with E-state index in [0.717, 1.165) is 0 Å². The number of anilines is 1. The molecule has 8 nitrogen and oxygen atoms in total.